The van der Waals surface area contributed by atoms with E-state index in [0.29, 0.717) is 17.0 Å². The van der Waals surface area contributed by atoms with Crippen molar-refractivity contribution in [3.05, 3.63) is 35.0 Å². The number of aromatic nitrogens is 1. The first kappa shape index (κ1) is 17.5. The van der Waals surface area contributed by atoms with Crippen molar-refractivity contribution in [2.24, 2.45) is 5.92 Å². The molecule has 1 aromatic heterocycles. The molecular weight excluding hydrogens is 346 g/mol. The van der Waals surface area contributed by atoms with Crippen molar-refractivity contribution in [2.45, 2.75) is 38.8 Å². The van der Waals surface area contributed by atoms with Gasteiger partial charge in [-0.15, -0.1) is 11.3 Å². The number of piperidine rings is 3. The number of nitrogens with one attached hydrogen (secondary N) is 1. The first-order valence-corrected chi connectivity index (χ1v) is 10.1. The maximum absolute atomic E-state index is 12.9. The van der Waals surface area contributed by atoms with Crippen molar-refractivity contribution in [2.75, 3.05) is 20.2 Å². The number of thiazole rings is 1. The zero-order chi connectivity index (χ0) is 18.3. The van der Waals surface area contributed by atoms with E-state index in [0.717, 1.165) is 35.0 Å². The van der Waals surface area contributed by atoms with Gasteiger partial charge in [-0.1, -0.05) is 12.1 Å². The van der Waals surface area contributed by atoms with Crippen molar-refractivity contribution < 1.29 is 9.53 Å². The second-order valence-corrected chi connectivity index (χ2v) is 8.25. The van der Waals surface area contributed by atoms with Gasteiger partial charge in [0.25, 0.3) is 5.91 Å². The summed E-state index contributed by atoms with van der Waals surface area (Å²) in [5.74, 6) is 1.34. The molecule has 26 heavy (non-hydrogen) atoms. The molecule has 0 aliphatic carbocycles. The number of ether oxygens (including phenoxy) is 1. The lowest BCUT2D eigenvalue weighted by Gasteiger charge is -2.49. The summed E-state index contributed by atoms with van der Waals surface area (Å²) in [6.07, 6.45) is 2.36. The van der Waals surface area contributed by atoms with Crippen LogP contribution in [0.15, 0.2) is 24.3 Å². The first-order chi connectivity index (χ1) is 12.6. The van der Waals surface area contributed by atoms with Crippen LogP contribution in [-0.2, 0) is 0 Å². The number of aryl methyl sites for hydroxylation is 1. The molecule has 4 heterocycles. The van der Waals surface area contributed by atoms with Crippen LogP contribution in [-0.4, -0.2) is 48.1 Å². The zero-order valence-electron chi connectivity index (χ0n) is 15.5. The molecule has 1 amide bonds. The van der Waals surface area contributed by atoms with Gasteiger partial charge in [0.05, 0.1) is 17.7 Å². The van der Waals surface area contributed by atoms with Gasteiger partial charge in [-0.05, 0) is 57.8 Å². The van der Waals surface area contributed by atoms with Crippen molar-refractivity contribution in [3.63, 3.8) is 0 Å². The number of carbonyl (C=O) groups is 1. The number of hydrogen-bond acceptors (Lipinski definition) is 5. The molecular formula is C20H25N3O2S. The number of fused-ring (bicyclic) bond motifs is 3. The van der Waals surface area contributed by atoms with E-state index >= 15 is 0 Å². The SMILES string of the molecule is COc1ccccc1-c1sc(C(=O)N[C@@H]2C3CCN(CC3)[C@H]2C)nc1C. The Hall–Kier alpha value is -1.92. The maximum atomic E-state index is 12.9. The Morgan fingerprint density at radius 3 is 2.73 bits per heavy atom. The lowest BCUT2D eigenvalue weighted by molar-refractivity contribution is 0.0217. The van der Waals surface area contributed by atoms with Gasteiger partial charge in [0, 0.05) is 17.6 Å². The molecule has 3 fully saturated rings. The molecule has 2 bridgehead atoms. The largest absolute Gasteiger partial charge is 0.496 e. The molecule has 3 aliphatic rings. The number of benzene rings is 1. The van der Waals surface area contributed by atoms with E-state index in [1.165, 1.54) is 24.2 Å². The minimum absolute atomic E-state index is 0.0511. The van der Waals surface area contributed by atoms with Crippen LogP contribution in [0.4, 0.5) is 0 Å². The number of para-hydroxylation sites is 1. The number of rotatable bonds is 4. The normalized spacial score (nSPS) is 27.3. The third kappa shape index (κ3) is 3.01. The second-order valence-electron chi connectivity index (χ2n) is 7.25. The van der Waals surface area contributed by atoms with Gasteiger partial charge in [0.15, 0.2) is 5.01 Å². The lowest BCUT2D eigenvalue weighted by atomic mass is 9.79. The number of methoxy groups -OCH3 is 1. The fourth-order valence-corrected chi connectivity index (χ4v) is 5.33. The van der Waals surface area contributed by atoms with Gasteiger partial charge in [0.1, 0.15) is 5.75 Å². The third-order valence-corrected chi connectivity index (χ3v) is 7.01. The Morgan fingerprint density at radius 1 is 1.31 bits per heavy atom. The highest BCUT2D eigenvalue weighted by molar-refractivity contribution is 7.17. The molecule has 138 valence electrons. The van der Waals surface area contributed by atoms with Crippen LogP contribution in [0.3, 0.4) is 0 Å². The van der Waals surface area contributed by atoms with E-state index in [-0.39, 0.29) is 11.9 Å². The Balaban J connectivity index is 1.56. The molecule has 5 nitrogen and oxygen atoms in total. The highest BCUT2D eigenvalue weighted by atomic mass is 32.1. The lowest BCUT2D eigenvalue weighted by Crippen LogP contribution is -2.62. The van der Waals surface area contributed by atoms with E-state index in [9.17, 15) is 4.79 Å². The maximum Gasteiger partial charge on any atom is 0.280 e. The van der Waals surface area contributed by atoms with Crippen molar-refractivity contribution in [3.8, 4) is 16.2 Å². The molecule has 5 rings (SSSR count). The monoisotopic (exact) mass is 371 g/mol. The summed E-state index contributed by atoms with van der Waals surface area (Å²) >= 11 is 1.44. The molecule has 3 saturated heterocycles. The van der Waals surface area contributed by atoms with Crippen LogP contribution in [0.5, 0.6) is 5.75 Å². The Labute approximate surface area is 158 Å². The van der Waals surface area contributed by atoms with Gasteiger partial charge in [-0.2, -0.15) is 0 Å². The van der Waals surface area contributed by atoms with Crippen LogP contribution < -0.4 is 10.1 Å². The average molecular weight is 372 g/mol. The van der Waals surface area contributed by atoms with E-state index in [2.05, 4.69) is 22.1 Å². The minimum Gasteiger partial charge on any atom is -0.496 e. The Kier molecular flexibility index (Phi) is 4.71. The summed E-state index contributed by atoms with van der Waals surface area (Å²) in [6, 6.07) is 8.50. The quantitative estimate of drug-likeness (QED) is 0.896. The molecule has 0 spiro atoms. The van der Waals surface area contributed by atoms with Crippen LogP contribution in [0, 0.1) is 12.8 Å². The first-order valence-electron chi connectivity index (χ1n) is 9.24. The molecule has 0 radical (unpaired) electrons. The molecule has 6 heteroatoms. The zero-order valence-corrected chi connectivity index (χ0v) is 16.3. The molecule has 2 atom stereocenters. The summed E-state index contributed by atoms with van der Waals surface area (Å²) in [5.41, 5.74) is 1.85. The molecule has 3 aliphatic heterocycles. The van der Waals surface area contributed by atoms with Gasteiger partial charge in [0.2, 0.25) is 0 Å². The van der Waals surface area contributed by atoms with Gasteiger partial charge in [-0.3, -0.25) is 9.69 Å². The molecule has 1 N–H and O–H groups in total. The van der Waals surface area contributed by atoms with Crippen LogP contribution in [0.25, 0.3) is 10.4 Å². The minimum atomic E-state index is -0.0511. The van der Waals surface area contributed by atoms with Crippen LogP contribution in [0.2, 0.25) is 0 Å². The number of amides is 1. The fraction of sp³-hybridized carbons (Fsp3) is 0.500. The molecule has 2 aromatic rings. The fourth-order valence-electron chi connectivity index (χ4n) is 4.33. The number of hydrogen-bond donors (Lipinski definition) is 1. The topological polar surface area (TPSA) is 54.5 Å². The summed E-state index contributed by atoms with van der Waals surface area (Å²) in [4.78, 5) is 20.9. The molecule has 0 saturated carbocycles. The number of carbonyl (C=O) groups excluding carboxylic acids is 1. The molecule has 1 aromatic carbocycles. The Morgan fingerprint density at radius 2 is 2.04 bits per heavy atom. The van der Waals surface area contributed by atoms with E-state index < -0.39 is 0 Å². The molecule has 0 unspecified atom stereocenters. The van der Waals surface area contributed by atoms with Gasteiger partial charge >= 0.3 is 0 Å². The van der Waals surface area contributed by atoms with E-state index in [1.807, 2.05) is 31.2 Å². The van der Waals surface area contributed by atoms with Crippen LogP contribution in [0.1, 0.15) is 35.3 Å². The number of nitrogens with zero attached hydrogens (tertiary/aromatic N) is 2. The van der Waals surface area contributed by atoms with Gasteiger partial charge in [-0.25, -0.2) is 4.98 Å². The Bertz CT molecular complexity index is 809. The summed E-state index contributed by atoms with van der Waals surface area (Å²) in [7, 11) is 1.66. The van der Waals surface area contributed by atoms with Crippen molar-refractivity contribution in [1.82, 2.24) is 15.2 Å². The summed E-state index contributed by atoms with van der Waals surface area (Å²) in [5, 5.41) is 3.81. The van der Waals surface area contributed by atoms with Crippen molar-refractivity contribution >= 4 is 17.2 Å². The third-order valence-electron chi connectivity index (χ3n) is 5.82. The smallest absolute Gasteiger partial charge is 0.280 e. The summed E-state index contributed by atoms with van der Waals surface area (Å²) in [6.45, 7) is 6.49. The predicted molar refractivity (Wildman–Crippen MR) is 104 cm³/mol. The van der Waals surface area contributed by atoms with E-state index in [4.69, 9.17) is 4.74 Å². The standard InChI is InChI=1S/C20H25N3O2S/c1-12-18(15-6-4-5-7-16(15)25-3)26-20(21-12)19(24)22-17-13(2)23-10-8-14(17)9-11-23/h4-7,13-14,17H,8-11H2,1-3H3,(H,22,24)/t13-,17-/m0/s1. The van der Waals surface area contributed by atoms with E-state index in [1.54, 1.807) is 7.11 Å². The van der Waals surface area contributed by atoms with Crippen molar-refractivity contribution in [1.29, 1.82) is 0 Å². The highest BCUT2D eigenvalue weighted by Crippen LogP contribution is 2.37. The second kappa shape index (κ2) is 7.00. The average Bonchev–Trinajstić information content (AvgIpc) is 3.06. The summed E-state index contributed by atoms with van der Waals surface area (Å²) < 4.78 is 5.47. The van der Waals surface area contributed by atoms with Gasteiger partial charge < -0.3 is 10.1 Å². The predicted octanol–water partition coefficient (Wildman–Crippen LogP) is 3.34. The van der Waals surface area contributed by atoms with Crippen LogP contribution >= 0.6 is 11.3 Å². The highest BCUT2D eigenvalue weighted by Gasteiger charge is 2.40.